The van der Waals surface area contributed by atoms with Gasteiger partial charge in [-0.15, -0.1) is 0 Å². The number of anilines is 1. The molecule has 0 saturated heterocycles. The van der Waals surface area contributed by atoms with Gasteiger partial charge in [0.25, 0.3) is 5.91 Å². The molecule has 3 nitrogen and oxygen atoms in total. The Morgan fingerprint density at radius 1 is 1.16 bits per heavy atom. The molecule has 0 unspecified atom stereocenters. The first-order valence-electron chi connectivity index (χ1n) is 8.68. The minimum absolute atomic E-state index is 0.0608. The summed E-state index contributed by atoms with van der Waals surface area (Å²) in [6, 6.07) is 14.2. The van der Waals surface area contributed by atoms with Crippen molar-refractivity contribution in [3.8, 4) is 0 Å². The summed E-state index contributed by atoms with van der Waals surface area (Å²) in [6.07, 6.45) is 2.14. The van der Waals surface area contributed by atoms with Crippen LogP contribution < -0.4 is 5.32 Å². The molecule has 0 aliphatic heterocycles. The Labute approximate surface area is 157 Å². The molecule has 1 aromatic heterocycles. The third-order valence-corrected chi connectivity index (χ3v) is 5.20. The van der Waals surface area contributed by atoms with Crippen molar-refractivity contribution < 1.29 is 4.79 Å². The van der Waals surface area contributed by atoms with Gasteiger partial charge in [-0.3, -0.25) is 4.79 Å². The second kappa shape index (κ2) is 7.44. The topological polar surface area (TPSA) is 34.0 Å². The van der Waals surface area contributed by atoms with Crippen LogP contribution in [0.3, 0.4) is 0 Å². The Balaban J connectivity index is 2.04. The number of carbonyl (C=O) groups excluding carboxylic acids is 1. The van der Waals surface area contributed by atoms with Gasteiger partial charge in [-0.05, 0) is 65.5 Å². The van der Waals surface area contributed by atoms with Crippen LogP contribution in [0.15, 0.2) is 46.9 Å². The van der Waals surface area contributed by atoms with E-state index in [9.17, 15) is 4.79 Å². The molecule has 0 aliphatic carbocycles. The average molecular weight is 399 g/mol. The molecule has 4 heteroatoms. The van der Waals surface area contributed by atoms with Crippen LogP contribution in [0, 0.1) is 13.8 Å². The number of rotatable bonds is 5. The molecule has 0 fully saturated rings. The number of hydrogen-bond donors (Lipinski definition) is 1. The molecule has 2 aromatic carbocycles. The van der Waals surface area contributed by atoms with E-state index in [0.717, 1.165) is 57.3 Å². The SMILES string of the molecule is CCCCn1c(C(=O)Nc2ccc(C)cc2Br)c(C)c2ccccc21. The van der Waals surface area contributed by atoms with Gasteiger partial charge in [0.15, 0.2) is 0 Å². The predicted molar refractivity (Wildman–Crippen MR) is 108 cm³/mol. The Morgan fingerprint density at radius 3 is 2.64 bits per heavy atom. The summed E-state index contributed by atoms with van der Waals surface area (Å²) in [7, 11) is 0. The van der Waals surface area contributed by atoms with Crippen molar-refractivity contribution in [2.45, 2.75) is 40.2 Å². The van der Waals surface area contributed by atoms with E-state index in [4.69, 9.17) is 0 Å². The lowest BCUT2D eigenvalue weighted by Crippen LogP contribution is -2.18. The summed E-state index contributed by atoms with van der Waals surface area (Å²) in [5.74, 6) is -0.0608. The molecule has 0 saturated carbocycles. The highest BCUT2D eigenvalue weighted by Gasteiger charge is 2.20. The van der Waals surface area contributed by atoms with E-state index < -0.39 is 0 Å². The largest absolute Gasteiger partial charge is 0.336 e. The van der Waals surface area contributed by atoms with E-state index in [2.05, 4.69) is 44.9 Å². The maximum atomic E-state index is 13.1. The molecule has 1 heterocycles. The van der Waals surface area contributed by atoms with E-state index in [1.165, 1.54) is 0 Å². The summed E-state index contributed by atoms with van der Waals surface area (Å²) in [6.45, 7) is 7.08. The van der Waals surface area contributed by atoms with Crippen molar-refractivity contribution in [1.29, 1.82) is 0 Å². The summed E-state index contributed by atoms with van der Waals surface area (Å²) >= 11 is 3.54. The fourth-order valence-corrected chi connectivity index (χ4v) is 3.81. The summed E-state index contributed by atoms with van der Waals surface area (Å²) in [5, 5.41) is 4.21. The molecule has 130 valence electrons. The maximum absolute atomic E-state index is 13.1. The number of unbranched alkanes of at least 4 members (excludes halogenated alkanes) is 1. The number of hydrogen-bond acceptors (Lipinski definition) is 1. The van der Waals surface area contributed by atoms with Gasteiger partial charge in [-0.1, -0.05) is 37.6 Å². The van der Waals surface area contributed by atoms with Crippen LogP contribution in [0.2, 0.25) is 0 Å². The van der Waals surface area contributed by atoms with Gasteiger partial charge in [0.2, 0.25) is 0 Å². The molecule has 0 atom stereocenters. The van der Waals surface area contributed by atoms with Gasteiger partial charge in [0.05, 0.1) is 5.69 Å². The van der Waals surface area contributed by atoms with Gasteiger partial charge in [-0.2, -0.15) is 0 Å². The number of para-hydroxylation sites is 1. The standard InChI is InChI=1S/C21H23BrN2O/c1-4-5-12-24-19-9-7-6-8-16(19)15(3)20(24)21(25)23-18-11-10-14(2)13-17(18)22/h6-11,13H,4-5,12H2,1-3H3,(H,23,25). The lowest BCUT2D eigenvalue weighted by Gasteiger charge is -2.13. The number of benzene rings is 2. The van der Waals surface area contributed by atoms with Gasteiger partial charge in [0, 0.05) is 21.9 Å². The summed E-state index contributed by atoms with van der Waals surface area (Å²) in [4.78, 5) is 13.1. The van der Waals surface area contributed by atoms with E-state index in [1.54, 1.807) is 0 Å². The van der Waals surface area contributed by atoms with Crippen molar-refractivity contribution in [1.82, 2.24) is 4.57 Å². The molecule has 0 aliphatic rings. The number of nitrogens with zero attached hydrogens (tertiary/aromatic N) is 1. The van der Waals surface area contributed by atoms with Crippen molar-refractivity contribution in [3.63, 3.8) is 0 Å². The van der Waals surface area contributed by atoms with Crippen molar-refractivity contribution in [2.75, 3.05) is 5.32 Å². The number of halogens is 1. The predicted octanol–water partition coefficient (Wildman–Crippen LogP) is 6.07. The zero-order valence-corrected chi connectivity index (χ0v) is 16.5. The molecular weight excluding hydrogens is 376 g/mol. The fraction of sp³-hybridized carbons (Fsp3) is 0.286. The Morgan fingerprint density at radius 2 is 1.92 bits per heavy atom. The van der Waals surface area contributed by atoms with Crippen LogP contribution in [0.5, 0.6) is 0 Å². The van der Waals surface area contributed by atoms with Crippen LogP contribution in [0.1, 0.15) is 41.4 Å². The molecule has 3 aromatic rings. The van der Waals surface area contributed by atoms with E-state index in [0.29, 0.717) is 0 Å². The number of amides is 1. The van der Waals surface area contributed by atoms with E-state index in [1.807, 2.05) is 44.2 Å². The lowest BCUT2D eigenvalue weighted by atomic mass is 10.1. The number of carbonyl (C=O) groups is 1. The fourth-order valence-electron chi connectivity index (χ4n) is 3.22. The van der Waals surface area contributed by atoms with Gasteiger partial charge < -0.3 is 9.88 Å². The van der Waals surface area contributed by atoms with Crippen LogP contribution in [0.4, 0.5) is 5.69 Å². The highest BCUT2D eigenvalue weighted by molar-refractivity contribution is 9.10. The van der Waals surface area contributed by atoms with Gasteiger partial charge in [-0.25, -0.2) is 0 Å². The maximum Gasteiger partial charge on any atom is 0.272 e. The lowest BCUT2D eigenvalue weighted by molar-refractivity contribution is 0.101. The monoisotopic (exact) mass is 398 g/mol. The van der Waals surface area contributed by atoms with Crippen molar-refractivity contribution >= 4 is 38.4 Å². The number of aryl methyl sites for hydroxylation is 3. The second-order valence-corrected chi connectivity index (χ2v) is 7.29. The summed E-state index contributed by atoms with van der Waals surface area (Å²) in [5.41, 5.74) is 4.86. The molecule has 0 spiro atoms. The highest BCUT2D eigenvalue weighted by Crippen LogP contribution is 2.29. The molecule has 0 radical (unpaired) electrons. The average Bonchev–Trinajstić information content (AvgIpc) is 2.88. The van der Waals surface area contributed by atoms with Crippen molar-refractivity contribution in [3.05, 3.63) is 63.8 Å². The Bertz CT molecular complexity index is 927. The Hall–Kier alpha value is -2.07. The zero-order valence-electron chi connectivity index (χ0n) is 14.9. The molecule has 0 bridgehead atoms. The second-order valence-electron chi connectivity index (χ2n) is 6.43. The van der Waals surface area contributed by atoms with E-state index in [-0.39, 0.29) is 5.91 Å². The van der Waals surface area contributed by atoms with E-state index >= 15 is 0 Å². The van der Waals surface area contributed by atoms with Gasteiger partial charge >= 0.3 is 0 Å². The van der Waals surface area contributed by atoms with Crippen LogP contribution in [0.25, 0.3) is 10.9 Å². The minimum atomic E-state index is -0.0608. The molecule has 25 heavy (non-hydrogen) atoms. The van der Waals surface area contributed by atoms with Crippen LogP contribution >= 0.6 is 15.9 Å². The molecule has 1 N–H and O–H groups in total. The van der Waals surface area contributed by atoms with Crippen molar-refractivity contribution in [2.24, 2.45) is 0 Å². The van der Waals surface area contributed by atoms with Gasteiger partial charge in [0.1, 0.15) is 5.69 Å². The minimum Gasteiger partial charge on any atom is -0.336 e. The van der Waals surface area contributed by atoms with Crippen LogP contribution in [-0.4, -0.2) is 10.5 Å². The zero-order chi connectivity index (χ0) is 18.0. The number of fused-ring (bicyclic) bond motifs is 1. The number of nitrogens with one attached hydrogen (secondary N) is 1. The van der Waals surface area contributed by atoms with Crippen LogP contribution in [-0.2, 0) is 6.54 Å². The molecule has 3 rings (SSSR count). The number of aromatic nitrogens is 1. The smallest absolute Gasteiger partial charge is 0.272 e. The normalized spacial score (nSPS) is 11.0. The third kappa shape index (κ3) is 3.49. The molecular formula is C21H23BrN2O. The first kappa shape index (κ1) is 17.7. The third-order valence-electron chi connectivity index (χ3n) is 4.55. The Kier molecular flexibility index (Phi) is 5.28. The first-order valence-corrected chi connectivity index (χ1v) is 9.47. The first-order chi connectivity index (χ1) is 12.0. The highest BCUT2D eigenvalue weighted by atomic mass is 79.9. The quantitative estimate of drug-likeness (QED) is 0.555. The summed E-state index contributed by atoms with van der Waals surface area (Å²) < 4.78 is 3.06. The molecule has 1 amide bonds.